The van der Waals surface area contributed by atoms with Crippen LogP contribution in [0.2, 0.25) is 0 Å². The summed E-state index contributed by atoms with van der Waals surface area (Å²) in [7, 11) is 1.46. The number of ether oxygens (including phenoxy) is 1. The molecule has 0 saturated carbocycles. The molecule has 0 bridgehead atoms. The van der Waals surface area contributed by atoms with E-state index in [1.165, 1.54) is 19.2 Å². The predicted molar refractivity (Wildman–Crippen MR) is 51.6 cm³/mol. The third-order valence-electron chi connectivity index (χ3n) is 1.68. The fraction of sp³-hybridized carbons (Fsp3) is 0.300. The van der Waals surface area contributed by atoms with Crippen LogP contribution in [0.4, 0.5) is 10.1 Å². The van der Waals surface area contributed by atoms with E-state index in [1.54, 1.807) is 13.0 Å². The lowest BCUT2D eigenvalue weighted by Crippen LogP contribution is -2.12. The van der Waals surface area contributed by atoms with Gasteiger partial charge in [-0.1, -0.05) is 0 Å². The van der Waals surface area contributed by atoms with Gasteiger partial charge in [0.1, 0.15) is 17.6 Å². The Kier molecular flexibility index (Phi) is 3.29. The zero-order valence-corrected chi connectivity index (χ0v) is 8.04. The molecule has 0 radical (unpaired) electrons. The van der Waals surface area contributed by atoms with Crippen LogP contribution in [0.5, 0.6) is 5.75 Å². The lowest BCUT2D eigenvalue weighted by atomic mass is 10.2. The number of hydrogen-bond acceptors (Lipinski definition) is 3. The highest BCUT2D eigenvalue weighted by Gasteiger charge is 2.03. The van der Waals surface area contributed by atoms with Crippen molar-refractivity contribution in [1.29, 1.82) is 5.26 Å². The van der Waals surface area contributed by atoms with Crippen molar-refractivity contribution >= 4 is 5.69 Å². The number of rotatable bonds is 3. The van der Waals surface area contributed by atoms with E-state index in [-0.39, 0.29) is 6.04 Å². The SMILES string of the molecule is COc1cc(F)cc(NC(C)C#N)c1. The maximum atomic E-state index is 13.0. The van der Waals surface area contributed by atoms with Crippen LogP contribution < -0.4 is 10.1 Å². The van der Waals surface area contributed by atoms with E-state index >= 15 is 0 Å². The molecule has 0 aliphatic heterocycles. The zero-order valence-electron chi connectivity index (χ0n) is 8.04. The largest absolute Gasteiger partial charge is 0.497 e. The minimum absolute atomic E-state index is 0.360. The molecule has 0 spiro atoms. The molecule has 0 aromatic heterocycles. The van der Waals surface area contributed by atoms with Crippen LogP contribution in [0, 0.1) is 17.1 Å². The van der Waals surface area contributed by atoms with E-state index in [0.29, 0.717) is 11.4 Å². The summed E-state index contributed by atoms with van der Waals surface area (Å²) in [6.45, 7) is 1.69. The van der Waals surface area contributed by atoms with Crippen LogP contribution >= 0.6 is 0 Å². The van der Waals surface area contributed by atoms with Crippen molar-refractivity contribution in [2.45, 2.75) is 13.0 Å². The molecule has 14 heavy (non-hydrogen) atoms. The van der Waals surface area contributed by atoms with Crippen molar-refractivity contribution in [3.05, 3.63) is 24.0 Å². The molecule has 1 aromatic carbocycles. The van der Waals surface area contributed by atoms with E-state index in [0.717, 1.165) is 0 Å². The van der Waals surface area contributed by atoms with Crippen molar-refractivity contribution in [1.82, 2.24) is 0 Å². The molecule has 1 N–H and O–H groups in total. The molecule has 0 fully saturated rings. The van der Waals surface area contributed by atoms with Gasteiger partial charge < -0.3 is 10.1 Å². The number of hydrogen-bond donors (Lipinski definition) is 1. The number of halogens is 1. The first-order chi connectivity index (χ1) is 6.65. The summed E-state index contributed by atoms with van der Waals surface area (Å²) in [4.78, 5) is 0. The fourth-order valence-electron chi connectivity index (χ4n) is 1.05. The van der Waals surface area contributed by atoms with Crippen LogP contribution in [0.25, 0.3) is 0 Å². The van der Waals surface area contributed by atoms with Gasteiger partial charge in [-0.2, -0.15) is 5.26 Å². The molecule has 0 saturated heterocycles. The fourth-order valence-corrected chi connectivity index (χ4v) is 1.05. The van der Waals surface area contributed by atoms with Crippen LogP contribution in [0.1, 0.15) is 6.92 Å². The van der Waals surface area contributed by atoms with Crippen molar-refractivity contribution in [3.63, 3.8) is 0 Å². The Bertz CT molecular complexity index is 360. The molecule has 0 amide bonds. The average Bonchev–Trinajstić information content (AvgIpc) is 2.16. The van der Waals surface area contributed by atoms with Crippen molar-refractivity contribution in [2.75, 3.05) is 12.4 Å². The topological polar surface area (TPSA) is 45.0 Å². The smallest absolute Gasteiger partial charge is 0.128 e. The molecule has 1 rings (SSSR count). The summed E-state index contributed by atoms with van der Waals surface area (Å²) in [6, 6.07) is 5.87. The lowest BCUT2D eigenvalue weighted by Gasteiger charge is -2.09. The molecule has 1 atom stereocenters. The Morgan fingerprint density at radius 1 is 1.50 bits per heavy atom. The van der Waals surface area contributed by atoms with Gasteiger partial charge in [-0.25, -0.2) is 4.39 Å². The number of benzene rings is 1. The number of nitrogens with one attached hydrogen (secondary N) is 1. The number of nitriles is 1. The quantitative estimate of drug-likeness (QED) is 0.801. The maximum Gasteiger partial charge on any atom is 0.128 e. The van der Waals surface area contributed by atoms with Crippen molar-refractivity contribution < 1.29 is 9.13 Å². The van der Waals surface area contributed by atoms with Crippen LogP contribution in [0.3, 0.4) is 0 Å². The molecule has 0 aliphatic rings. The highest BCUT2D eigenvalue weighted by atomic mass is 19.1. The lowest BCUT2D eigenvalue weighted by molar-refractivity contribution is 0.411. The van der Waals surface area contributed by atoms with Crippen molar-refractivity contribution in [3.8, 4) is 11.8 Å². The number of nitrogens with zero attached hydrogens (tertiary/aromatic N) is 1. The monoisotopic (exact) mass is 194 g/mol. The molecule has 3 nitrogen and oxygen atoms in total. The third-order valence-corrected chi connectivity index (χ3v) is 1.68. The van der Waals surface area contributed by atoms with Gasteiger partial charge in [-0.3, -0.25) is 0 Å². The van der Waals surface area contributed by atoms with Gasteiger partial charge in [-0.15, -0.1) is 0 Å². The highest BCUT2D eigenvalue weighted by Crippen LogP contribution is 2.20. The van der Waals surface area contributed by atoms with Crippen LogP contribution in [-0.2, 0) is 0 Å². The summed E-state index contributed by atoms with van der Waals surface area (Å²) >= 11 is 0. The standard InChI is InChI=1S/C10H11FN2O/c1-7(6-12)13-9-3-8(11)4-10(5-9)14-2/h3-5,7,13H,1-2H3. The number of anilines is 1. The van der Waals surface area contributed by atoms with Gasteiger partial charge in [0, 0.05) is 17.8 Å². The predicted octanol–water partition coefficient (Wildman–Crippen LogP) is 2.16. The van der Waals surface area contributed by atoms with Crippen LogP contribution in [-0.4, -0.2) is 13.2 Å². The first-order valence-electron chi connectivity index (χ1n) is 4.16. The first kappa shape index (κ1) is 10.3. The van der Waals surface area contributed by atoms with E-state index in [2.05, 4.69) is 5.32 Å². The van der Waals surface area contributed by atoms with Gasteiger partial charge in [0.2, 0.25) is 0 Å². The molecule has 0 aliphatic carbocycles. The second-order valence-electron chi connectivity index (χ2n) is 2.87. The van der Waals surface area contributed by atoms with Gasteiger partial charge >= 0.3 is 0 Å². The molecule has 1 aromatic rings. The maximum absolute atomic E-state index is 13.0. The van der Waals surface area contributed by atoms with E-state index < -0.39 is 5.82 Å². The third kappa shape index (κ3) is 2.63. The molecule has 1 unspecified atom stereocenters. The molecule has 0 heterocycles. The van der Waals surface area contributed by atoms with Gasteiger partial charge in [-0.05, 0) is 13.0 Å². The normalized spacial score (nSPS) is 11.6. The molecule has 4 heteroatoms. The second-order valence-corrected chi connectivity index (χ2v) is 2.87. The van der Waals surface area contributed by atoms with E-state index in [4.69, 9.17) is 10.00 Å². The Morgan fingerprint density at radius 2 is 2.21 bits per heavy atom. The molecule has 74 valence electrons. The Balaban J connectivity index is 2.87. The summed E-state index contributed by atoms with van der Waals surface area (Å²) in [6.07, 6.45) is 0. The average molecular weight is 194 g/mol. The Hall–Kier alpha value is -1.76. The molecular weight excluding hydrogens is 183 g/mol. The van der Waals surface area contributed by atoms with Gasteiger partial charge in [0.15, 0.2) is 0 Å². The number of methoxy groups -OCH3 is 1. The Morgan fingerprint density at radius 3 is 2.79 bits per heavy atom. The minimum atomic E-state index is -0.392. The Labute approximate surface area is 82.1 Å². The summed E-state index contributed by atoms with van der Waals surface area (Å²) in [5.74, 6) is 0.0367. The second kappa shape index (κ2) is 4.47. The van der Waals surface area contributed by atoms with E-state index in [1.807, 2.05) is 6.07 Å². The summed E-state index contributed by atoms with van der Waals surface area (Å²) < 4.78 is 17.9. The minimum Gasteiger partial charge on any atom is -0.497 e. The first-order valence-corrected chi connectivity index (χ1v) is 4.16. The summed E-state index contributed by atoms with van der Waals surface area (Å²) in [5.41, 5.74) is 0.538. The van der Waals surface area contributed by atoms with Gasteiger partial charge in [0.25, 0.3) is 0 Å². The summed E-state index contributed by atoms with van der Waals surface area (Å²) in [5, 5.41) is 11.4. The van der Waals surface area contributed by atoms with Crippen LogP contribution in [0.15, 0.2) is 18.2 Å². The van der Waals surface area contributed by atoms with E-state index in [9.17, 15) is 4.39 Å². The highest BCUT2D eigenvalue weighted by molar-refractivity contribution is 5.50. The van der Waals surface area contributed by atoms with Crippen molar-refractivity contribution in [2.24, 2.45) is 0 Å². The zero-order chi connectivity index (χ0) is 10.6. The molecular formula is C10H11FN2O. The van der Waals surface area contributed by atoms with Gasteiger partial charge in [0.05, 0.1) is 13.2 Å².